The molecule has 0 fully saturated rings. The van der Waals surface area contributed by atoms with E-state index in [1.807, 2.05) is 25.1 Å². The molecule has 0 spiro atoms. The highest BCUT2D eigenvalue weighted by Gasteiger charge is 2.24. The summed E-state index contributed by atoms with van der Waals surface area (Å²) in [5.74, 6) is -0.506. The van der Waals surface area contributed by atoms with Crippen LogP contribution in [0.15, 0.2) is 72.8 Å². The zero-order valence-corrected chi connectivity index (χ0v) is 21.2. The Bertz CT molecular complexity index is 1520. The fraction of sp³-hybridized carbons (Fsp3) is 0.143. The van der Waals surface area contributed by atoms with E-state index in [0.717, 1.165) is 23.8 Å². The van der Waals surface area contributed by atoms with E-state index in [0.29, 0.717) is 16.8 Å². The number of aryl methyl sites for hydroxylation is 1. The van der Waals surface area contributed by atoms with Crippen molar-refractivity contribution in [3.8, 4) is 23.3 Å². The van der Waals surface area contributed by atoms with Gasteiger partial charge in [0.15, 0.2) is 11.5 Å². The molecule has 0 bridgehead atoms. The van der Waals surface area contributed by atoms with Gasteiger partial charge in [0.25, 0.3) is 11.6 Å². The van der Waals surface area contributed by atoms with Crippen LogP contribution in [0.5, 0.6) is 17.2 Å². The van der Waals surface area contributed by atoms with Crippen molar-refractivity contribution in [2.45, 2.75) is 20.3 Å². The third-order valence-corrected chi connectivity index (χ3v) is 5.45. The standard InChI is InChI=1S/C28H24N4O7/c1-4-8-20-13-19(14-21(17-29)28(33)30-23-10-7-6-9-18(23)3)15-26(38-5-2)27(20)39-25-12-11-22(31(34)35)16-24(25)32(36)37/h4,6-7,9-16H,1,5,8H2,2-3H3,(H,30,33)/b21-14+. The van der Waals surface area contributed by atoms with E-state index in [-0.39, 0.29) is 35.8 Å². The molecule has 11 heteroatoms. The Morgan fingerprint density at radius 3 is 2.46 bits per heavy atom. The molecule has 0 radical (unpaired) electrons. The number of allylic oxidation sites excluding steroid dienone is 1. The SMILES string of the molecule is C=CCc1cc(/C=C(\C#N)C(=O)Nc2ccccc2C)cc(OCC)c1Oc1ccc([N+](=O)[O-])cc1[N+](=O)[O-]. The molecule has 11 nitrogen and oxygen atoms in total. The second kappa shape index (κ2) is 12.6. The number of nitriles is 1. The minimum absolute atomic E-state index is 0.133. The minimum Gasteiger partial charge on any atom is -0.490 e. The fourth-order valence-electron chi connectivity index (χ4n) is 3.63. The zero-order valence-electron chi connectivity index (χ0n) is 21.2. The summed E-state index contributed by atoms with van der Waals surface area (Å²) < 4.78 is 11.6. The molecule has 0 aliphatic carbocycles. The Morgan fingerprint density at radius 1 is 1.10 bits per heavy atom. The lowest BCUT2D eigenvalue weighted by Crippen LogP contribution is -2.14. The van der Waals surface area contributed by atoms with Crippen LogP contribution in [0.1, 0.15) is 23.6 Å². The van der Waals surface area contributed by atoms with Crippen LogP contribution in [0.3, 0.4) is 0 Å². The van der Waals surface area contributed by atoms with Crippen molar-refractivity contribution in [1.82, 2.24) is 0 Å². The van der Waals surface area contributed by atoms with E-state index in [9.17, 15) is 30.3 Å². The number of carbonyl (C=O) groups is 1. The number of carbonyl (C=O) groups excluding carboxylic acids is 1. The zero-order chi connectivity index (χ0) is 28.5. The number of amides is 1. The first kappa shape index (κ1) is 28.1. The number of para-hydroxylation sites is 1. The highest BCUT2D eigenvalue weighted by molar-refractivity contribution is 6.10. The van der Waals surface area contributed by atoms with Gasteiger partial charge in [0.05, 0.1) is 22.5 Å². The predicted octanol–water partition coefficient (Wildman–Crippen LogP) is 6.28. The summed E-state index contributed by atoms with van der Waals surface area (Å²) in [7, 11) is 0. The van der Waals surface area contributed by atoms with Crippen LogP contribution < -0.4 is 14.8 Å². The molecule has 0 aliphatic rings. The Kier molecular flexibility index (Phi) is 9.10. The van der Waals surface area contributed by atoms with Crippen molar-refractivity contribution in [1.29, 1.82) is 5.26 Å². The molecule has 0 saturated carbocycles. The van der Waals surface area contributed by atoms with Gasteiger partial charge in [-0.3, -0.25) is 25.0 Å². The van der Waals surface area contributed by atoms with Gasteiger partial charge in [0.1, 0.15) is 11.6 Å². The molecule has 0 heterocycles. The number of hydrogen-bond acceptors (Lipinski definition) is 8. The number of benzene rings is 3. The predicted molar refractivity (Wildman–Crippen MR) is 145 cm³/mol. The van der Waals surface area contributed by atoms with Crippen LogP contribution >= 0.6 is 0 Å². The van der Waals surface area contributed by atoms with E-state index in [1.165, 1.54) is 12.1 Å². The molecule has 0 aliphatic heterocycles. The normalized spacial score (nSPS) is 10.7. The van der Waals surface area contributed by atoms with Gasteiger partial charge in [-0.05, 0) is 61.7 Å². The number of ether oxygens (including phenoxy) is 2. The molecule has 0 saturated heterocycles. The number of nitrogens with one attached hydrogen (secondary N) is 1. The van der Waals surface area contributed by atoms with Crippen molar-refractivity contribution in [2.24, 2.45) is 0 Å². The van der Waals surface area contributed by atoms with E-state index >= 15 is 0 Å². The van der Waals surface area contributed by atoms with Crippen molar-refractivity contribution < 1.29 is 24.1 Å². The van der Waals surface area contributed by atoms with Gasteiger partial charge in [-0.1, -0.05) is 24.3 Å². The highest BCUT2D eigenvalue weighted by Crippen LogP contribution is 2.41. The monoisotopic (exact) mass is 528 g/mol. The molecule has 1 N–H and O–H groups in total. The van der Waals surface area contributed by atoms with Gasteiger partial charge in [0.2, 0.25) is 5.75 Å². The Morgan fingerprint density at radius 2 is 1.85 bits per heavy atom. The quantitative estimate of drug-likeness (QED) is 0.100. The molecular formula is C28H24N4O7. The first-order valence-electron chi connectivity index (χ1n) is 11.7. The average Bonchev–Trinajstić information content (AvgIpc) is 2.90. The summed E-state index contributed by atoms with van der Waals surface area (Å²) in [5, 5.41) is 35.1. The average molecular weight is 529 g/mol. The molecule has 3 aromatic rings. The number of nitrogens with zero attached hydrogens (tertiary/aromatic N) is 3. The lowest BCUT2D eigenvalue weighted by atomic mass is 10.0. The third kappa shape index (κ3) is 6.84. The maximum absolute atomic E-state index is 12.8. The van der Waals surface area contributed by atoms with Crippen molar-refractivity contribution in [3.63, 3.8) is 0 Å². The smallest absolute Gasteiger partial charge is 0.318 e. The van der Waals surface area contributed by atoms with E-state index in [4.69, 9.17) is 9.47 Å². The molecule has 39 heavy (non-hydrogen) atoms. The largest absolute Gasteiger partial charge is 0.490 e. The molecule has 3 aromatic carbocycles. The lowest BCUT2D eigenvalue weighted by molar-refractivity contribution is -0.394. The maximum Gasteiger partial charge on any atom is 0.318 e. The van der Waals surface area contributed by atoms with Gasteiger partial charge in [-0.2, -0.15) is 5.26 Å². The van der Waals surface area contributed by atoms with Crippen LogP contribution in [-0.4, -0.2) is 22.4 Å². The molecule has 3 rings (SSSR count). The number of hydrogen-bond donors (Lipinski definition) is 1. The first-order chi connectivity index (χ1) is 18.7. The van der Waals surface area contributed by atoms with Gasteiger partial charge >= 0.3 is 5.69 Å². The van der Waals surface area contributed by atoms with Crippen LogP contribution in [0.2, 0.25) is 0 Å². The van der Waals surface area contributed by atoms with Crippen LogP contribution in [0.4, 0.5) is 17.1 Å². The molecular weight excluding hydrogens is 504 g/mol. The molecule has 0 unspecified atom stereocenters. The second-order valence-electron chi connectivity index (χ2n) is 8.14. The fourth-order valence-corrected chi connectivity index (χ4v) is 3.63. The molecule has 0 aromatic heterocycles. The molecule has 0 atom stereocenters. The number of nitro groups is 2. The van der Waals surface area contributed by atoms with Crippen molar-refractivity contribution in [3.05, 3.63) is 110 Å². The Hall–Kier alpha value is -5.50. The van der Waals surface area contributed by atoms with Crippen LogP contribution in [0.25, 0.3) is 6.08 Å². The van der Waals surface area contributed by atoms with Crippen LogP contribution in [-0.2, 0) is 11.2 Å². The number of nitro benzene ring substituents is 2. The summed E-state index contributed by atoms with van der Waals surface area (Å²) in [4.78, 5) is 34.0. The van der Waals surface area contributed by atoms with Crippen molar-refractivity contribution >= 4 is 29.0 Å². The Labute approximate surface area is 223 Å². The van der Waals surface area contributed by atoms with Gasteiger partial charge in [-0.25, -0.2) is 0 Å². The third-order valence-electron chi connectivity index (χ3n) is 5.45. The number of anilines is 1. The highest BCUT2D eigenvalue weighted by atomic mass is 16.6. The molecule has 198 valence electrons. The first-order valence-corrected chi connectivity index (χ1v) is 11.7. The Balaban J connectivity index is 2.07. The van der Waals surface area contributed by atoms with E-state index in [1.54, 1.807) is 31.2 Å². The van der Waals surface area contributed by atoms with Crippen LogP contribution in [0, 0.1) is 38.5 Å². The molecule has 1 amide bonds. The van der Waals surface area contributed by atoms with Crippen molar-refractivity contribution in [2.75, 3.05) is 11.9 Å². The number of rotatable bonds is 11. The van der Waals surface area contributed by atoms with Gasteiger partial charge in [-0.15, -0.1) is 6.58 Å². The lowest BCUT2D eigenvalue weighted by Gasteiger charge is -2.17. The summed E-state index contributed by atoms with van der Waals surface area (Å²) >= 11 is 0. The number of non-ortho nitro benzene ring substituents is 1. The van der Waals surface area contributed by atoms with Gasteiger partial charge < -0.3 is 14.8 Å². The topological polar surface area (TPSA) is 158 Å². The van der Waals surface area contributed by atoms with Gasteiger partial charge in [0, 0.05) is 17.3 Å². The van der Waals surface area contributed by atoms with E-state index < -0.39 is 27.1 Å². The maximum atomic E-state index is 12.8. The second-order valence-corrected chi connectivity index (χ2v) is 8.14. The summed E-state index contributed by atoms with van der Waals surface area (Å²) in [5.41, 5.74) is 1.11. The summed E-state index contributed by atoms with van der Waals surface area (Å²) in [6.07, 6.45) is 3.21. The summed E-state index contributed by atoms with van der Waals surface area (Å²) in [6, 6.07) is 15.3. The minimum atomic E-state index is -0.779. The van der Waals surface area contributed by atoms with E-state index in [2.05, 4.69) is 11.9 Å². The summed E-state index contributed by atoms with van der Waals surface area (Å²) in [6.45, 7) is 7.50.